The normalized spacial score (nSPS) is 20.4. The van der Waals surface area contributed by atoms with E-state index in [2.05, 4.69) is 102 Å². The van der Waals surface area contributed by atoms with Crippen molar-refractivity contribution in [3.05, 3.63) is 102 Å². The van der Waals surface area contributed by atoms with E-state index < -0.39 is 5.60 Å². The zero-order valence-corrected chi connectivity index (χ0v) is 64.7. The third-order valence-corrected chi connectivity index (χ3v) is 23.4. The Morgan fingerprint density at radius 3 is 1.58 bits per heavy atom. The van der Waals surface area contributed by atoms with Crippen molar-refractivity contribution in [3.8, 4) is 17.2 Å². The number of rotatable bonds is 19. The number of methoxy groups -OCH3 is 3. The van der Waals surface area contributed by atoms with E-state index in [1.54, 1.807) is 32.7 Å². The number of carbonyl (C=O) groups is 3. The van der Waals surface area contributed by atoms with Crippen LogP contribution in [0.1, 0.15) is 110 Å². The van der Waals surface area contributed by atoms with Crippen LogP contribution in [0.25, 0.3) is 32.7 Å². The number of ether oxygens (including phenoxy) is 5. The highest BCUT2D eigenvalue weighted by molar-refractivity contribution is 7.13. The lowest BCUT2D eigenvalue weighted by molar-refractivity contribution is -0.137. The number of hydrogen-bond acceptors (Lipinski definition) is 21. The van der Waals surface area contributed by atoms with Gasteiger partial charge in [0, 0.05) is 189 Å². The summed E-state index contributed by atoms with van der Waals surface area (Å²) >= 11 is 1.68. The summed E-state index contributed by atoms with van der Waals surface area (Å²) < 4.78 is 28.3. The lowest BCUT2D eigenvalue weighted by Crippen LogP contribution is -2.55. The van der Waals surface area contributed by atoms with Gasteiger partial charge in [0.2, 0.25) is 11.8 Å². The Bertz CT molecular complexity index is 4000. The lowest BCUT2D eigenvalue weighted by atomic mass is 9.95. The first kappa shape index (κ1) is 76.3. The molecule has 4 aromatic heterocycles. The molecule has 1 N–H and O–H groups in total. The van der Waals surface area contributed by atoms with Crippen molar-refractivity contribution < 1.29 is 38.1 Å². The molecule has 572 valence electrons. The van der Waals surface area contributed by atoms with Gasteiger partial charge in [0.1, 0.15) is 39.9 Å². The third kappa shape index (κ3) is 19.5. The predicted octanol–water partition coefficient (Wildman–Crippen LogP) is 11.2. The fourth-order valence-corrected chi connectivity index (χ4v) is 18.0. The number of piperidine rings is 1. The Kier molecular flexibility index (Phi) is 26.5. The fraction of sp³-hybridized carbons (Fsp3) is 0.598. The molecular formula is C82H115N15O8S. The number of morpholine rings is 1. The molecule has 23 nitrogen and oxygen atoms in total. The number of nitrogens with zero attached hydrogens (tertiary/aromatic N) is 14. The van der Waals surface area contributed by atoms with Gasteiger partial charge in [-0.1, -0.05) is 31.0 Å². The van der Waals surface area contributed by atoms with Gasteiger partial charge in [-0.3, -0.25) is 29.4 Å². The predicted molar refractivity (Wildman–Crippen MR) is 424 cm³/mol. The Balaban J connectivity index is 0.000000143. The molecule has 3 aromatic carbocycles. The minimum Gasteiger partial charge on any atom is -0.494 e. The van der Waals surface area contributed by atoms with Crippen LogP contribution in [0.3, 0.4) is 0 Å². The second-order valence-corrected chi connectivity index (χ2v) is 31.9. The van der Waals surface area contributed by atoms with Crippen LogP contribution in [-0.2, 0) is 19.1 Å². The molecule has 3 amide bonds. The molecule has 7 saturated heterocycles. The second-order valence-electron chi connectivity index (χ2n) is 31.0. The van der Waals surface area contributed by atoms with E-state index in [1.807, 2.05) is 74.6 Å². The van der Waals surface area contributed by atoms with E-state index in [4.69, 9.17) is 38.6 Å². The van der Waals surface area contributed by atoms with E-state index in [1.165, 1.54) is 32.1 Å². The highest BCUT2D eigenvalue weighted by atomic mass is 32.1. The maximum Gasteiger partial charge on any atom is 0.410 e. The smallest absolute Gasteiger partial charge is 0.410 e. The molecule has 106 heavy (non-hydrogen) atoms. The number of benzene rings is 3. The van der Waals surface area contributed by atoms with E-state index in [9.17, 15) is 14.4 Å². The number of thiazole rings is 1. The van der Waals surface area contributed by atoms with Crippen molar-refractivity contribution in [1.82, 2.24) is 54.7 Å². The third-order valence-electron chi connectivity index (χ3n) is 22.5. The molecule has 1 aliphatic carbocycles. The quantitative estimate of drug-likeness (QED) is 0.0802. The highest BCUT2D eigenvalue weighted by Crippen LogP contribution is 2.41. The van der Waals surface area contributed by atoms with E-state index >= 15 is 0 Å². The number of likely N-dealkylation sites (tertiary alicyclic amines) is 3. The van der Waals surface area contributed by atoms with Crippen molar-refractivity contribution >= 4 is 84.1 Å². The largest absolute Gasteiger partial charge is 0.494 e. The first-order chi connectivity index (χ1) is 51.8. The monoisotopic (exact) mass is 1470 g/mol. The van der Waals surface area contributed by atoms with Crippen molar-refractivity contribution in [2.45, 2.75) is 109 Å². The number of pyridine rings is 3. The van der Waals surface area contributed by atoms with Crippen molar-refractivity contribution in [1.29, 1.82) is 0 Å². The summed E-state index contributed by atoms with van der Waals surface area (Å²) in [7, 11) is 5.20. The van der Waals surface area contributed by atoms with Crippen LogP contribution in [0.5, 0.6) is 17.2 Å². The summed E-state index contributed by atoms with van der Waals surface area (Å²) in [6, 6.07) is 24.6. The SMILES string of the molecule is COc1ccc2cccnc2c1N1CCCN(C(CC(=O)NCCN2CCCC2)c2csc(N3CCOCC3)n2)CC1.COc1ccc2cccnc2c1N1CCCN(CC2CN(C(=O)OC(C)(C)C)C2)CC1.COc1ccc2cccnc2c1N1CCCN(C[C@@H]2CCCN(C(=O)C3CCCC3)C2)CC1. The van der Waals surface area contributed by atoms with Gasteiger partial charge in [-0.05, 0) is 165 Å². The first-order valence-corrected chi connectivity index (χ1v) is 40.4. The van der Waals surface area contributed by atoms with Gasteiger partial charge >= 0.3 is 6.09 Å². The highest BCUT2D eigenvalue weighted by Gasteiger charge is 2.37. The number of amides is 3. The van der Waals surface area contributed by atoms with Gasteiger partial charge in [-0.25, -0.2) is 9.78 Å². The number of anilines is 4. The molecule has 0 bridgehead atoms. The zero-order valence-electron chi connectivity index (χ0n) is 63.9. The summed E-state index contributed by atoms with van der Waals surface area (Å²) in [6.45, 7) is 30.0. The Morgan fingerprint density at radius 2 is 1.04 bits per heavy atom. The van der Waals surface area contributed by atoms with Gasteiger partial charge < -0.3 is 73.1 Å². The molecule has 8 aliphatic rings. The van der Waals surface area contributed by atoms with Crippen LogP contribution in [-0.4, -0.2) is 264 Å². The zero-order chi connectivity index (χ0) is 73.4. The molecule has 2 atom stereocenters. The number of nitrogens with one attached hydrogen (secondary N) is 1. The van der Waals surface area contributed by atoms with Crippen molar-refractivity contribution in [2.24, 2.45) is 17.8 Å². The minimum absolute atomic E-state index is 0.0738. The van der Waals surface area contributed by atoms with Crippen molar-refractivity contribution in [2.75, 3.05) is 211 Å². The topological polar surface area (TPSA) is 193 Å². The summed E-state index contributed by atoms with van der Waals surface area (Å²) in [5, 5.41) is 9.79. The Labute approximate surface area is 631 Å². The van der Waals surface area contributed by atoms with Gasteiger partial charge in [0.05, 0.1) is 62.8 Å². The van der Waals surface area contributed by atoms with Crippen LogP contribution >= 0.6 is 11.3 Å². The van der Waals surface area contributed by atoms with Gasteiger partial charge in [0.15, 0.2) is 5.13 Å². The second kappa shape index (κ2) is 36.8. The van der Waals surface area contributed by atoms with Crippen LogP contribution < -0.4 is 39.1 Å². The van der Waals surface area contributed by atoms with Gasteiger partial charge in [-0.2, -0.15) is 0 Å². The molecule has 1 saturated carbocycles. The summed E-state index contributed by atoms with van der Waals surface area (Å²) in [5.41, 5.74) is 6.83. The van der Waals surface area contributed by atoms with E-state index in [-0.39, 0.29) is 18.0 Å². The van der Waals surface area contributed by atoms with Gasteiger partial charge in [-0.15, -0.1) is 11.3 Å². The molecule has 15 rings (SSSR count). The average molecular weight is 1470 g/mol. The molecular weight excluding hydrogens is 1360 g/mol. The molecule has 24 heteroatoms. The molecule has 7 aliphatic heterocycles. The number of aromatic nitrogens is 4. The molecule has 0 radical (unpaired) electrons. The van der Waals surface area contributed by atoms with Crippen LogP contribution in [0.2, 0.25) is 0 Å². The maximum absolute atomic E-state index is 13.3. The summed E-state index contributed by atoms with van der Waals surface area (Å²) in [6.07, 6.45) is 18.6. The standard InChI is InChI=1S/C31H43N7O3S.C27H38N4O2.C24H34N4O3/c1-40-27-8-7-24-6-4-9-33-29(24)30(27)37-14-5-13-36(16-17-37)26(22-28(39)32-10-15-35-11-2-3-12-35)25-23-42-31(34-25)38-18-20-41-21-19-38;1-33-24-12-11-22-10-4-13-28-25(22)26(24)30-16-6-14-29(17-18-30)19-21-7-5-15-31(20-21)27(32)23-8-2-3-9-23;1-24(2,3)31-23(29)28-16-18(17-28)15-26-11-6-12-27(14-13-26)22-20(30-4)9-8-19-7-5-10-25-21(19)22/h4,6-9,23,26H,2-3,5,10-22H2,1H3,(H,32,39);4,10-13,21,23H,2-3,5-9,14-20H2,1H3;5,7-10,18H,6,11-17H2,1-4H3/t;21-;/m.0./s1. The molecule has 8 fully saturated rings. The fourth-order valence-electron chi connectivity index (χ4n) is 17.1. The van der Waals surface area contributed by atoms with Crippen LogP contribution in [0.4, 0.5) is 27.0 Å². The molecule has 11 heterocycles. The molecule has 7 aromatic rings. The maximum atomic E-state index is 13.3. The summed E-state index contributed by atoms with van der Waals surface area (Å²) in [4.78, 5) is 81.2. The first-order valence-electron chi connectivity index (χ1n) is 39.5. The Morgan fingerprint density at radius 1 is 0.528 bits per heavy atom. The molecule has 0 spiro atoms. The molecule has 1 unspecified atom stereocenters. The number of fused-ring (bicyclic) bond motifs is 3. The number of carbonyl (C=O) groups excluding carboxylic acids is 3. The van der Waals surface area contributed by atoms with Gasteiger partial charge in [0.25, 0.3) is 0 Å². The summed E-state index contributed by atoms with van der Waals surface area (Å²) in [5.74, 6) is 4.60. The Hall–Kier alpha value is -7.87. The number of hydrogen-bond donors (Lipinski definition) is 1. The van der Waals surface area contributed by atoms with E-state index in [0.717, 1.165) is 280 Å². The van der Waals surface area contributed by atoms with Crippen LogP contribution in [0.15, 0.2) is 96.8 Å². The minimum atomic E-state index is -0.437. The van der Waals surface area contributed by atoms with Crippen molar-refractivity contribution in [3.63, 3.8) is 0 Å². The lowest BCUT2D eigenvalue weighted by Gasteiger charge is -2.41. The average Bonchev–Trinajstić information content (AvgIpc) is 0.926. The van der Waals surface area contributed by atoms with E-state index in [0.29, 0.717) is 36.6 Å². The van der Waals surface area contributed by atoms with Crippen LogP contribution in [0, 0.1) is 17.8 Å².